The minimum atomic E-state index is -0.287. The van der Waals surface area contributed by atoms with Crippen LogP contribution in [0.5, 0.6) is 0 Å². The Morgan fingerprint density at radius 2 is 1.79 bits per heavy atom. The third-order valence-electron chi connectivity index (χ3n) is 2.21. The Kier molecular flexibility index (Phi) is 5.06. The molecule has 19 heavy (non-hydrogen) atoms. The van der Waals surface area contributed by atoms with E-state index in [-0.39, 0.29) is 17.5 Å². The number of nitrogens with one attached hydrogen (secondary N) is 2. The minimum Gasteiger partial charge on any atom is -0.324 e. The van der Waals surface area contributed by atoms with E-state index in [1.807, 2.05) is 0 Å². The molecular weight excluding hydrogens is 242 g/mol. The minimum absolute atomic E-state index is 0.126. The maximum Gasteiger partial charge on any atom is 0.237 e. The summed E-state index contributed by atoms with van der Waals surface area (Å²) < 4.78 is 0. The normalized spacial score (nSPS) is 9.11. The molecule has 6 heteroatoms. The second-order valence-corrected chi connectivity index (χ2v) is 3.99. The molecule has 0 aliphatic heterocycles. The van der Waals surface area contributed by atoms with Crippen LogP contribution in [-0.4, -0.2) is 11.6 Å². The molecule has 96 valence electrons. The van der Waals surface area contributed by atoms with Gasteiger partial charge in [0.25, 0.3) is 0 Å². The van der Waals surface area contributed by atoms with Gasteiger partial charge >= 0.3 is 0 Å². The summed E-state index contributed by atoms with van der Waals surface area (Å²) in [7, 11) is 0. The predicted molar refractivity (Wildman–Crippen MR) is 72.2 cm³/mol. The first-order chi connectivity index (χ1) is 9.08. The van der Waals surface area contributed by atoms with E-state index in [0.717, 1.165) is 0 Å². The third kappa shape index (κ3) is 4.14. The monoisotopic (exact) mass is 255 g/mol. The number of benzene rings is 1. The molecule has 6 nitrogen and oxygen atoms in total. The van der Waals surface area contributed by atoms with Crippen LogP contribution in [0.2, 0.25) is 0 Å². The molecule has 0 saturated heterocycles. The number of amides is 1. The molecule has 0 aliphatic rings. The van der Waals surface area contributed by atoms with E-state index in [9.17, 15) is 4.79 Å². The van der Waals surface area contributed by atoms with Crippen molar-refractivity contribution in [1.29, 1.82) is 10.5 Å². The van der Waals surface area contributed by atoms with Crippen molar-refractivity contribution in [2.45, 2.75) is 13.8 Å². The van der Waals surface area contributed by atoms with Crippen molar-refractivity contribution in [2.75, 3.05) is 10.7 Å². The number of nitrogens with zero attached hydrogens (tertiary/aromatic N) is 3. The van der Waals surface area contributed by atoms with Crippen molar-refractivity contribution < 1.29 is 4.79 Å². The quantitative estimate of drug-likeness (QED) is 0.635. The van der Waals surface area contributed by atoms with Crippen LogP contribution in [0.3, 0.4) is 0 Å². The van der Waals surface area contributed by atoms with Gasteiger partial charge in [0.2, 0.25) is 11.6 Å². The summed E-state index contributed by atoms with van der Waals surface area (Å²) in [6, 6.07) is 10.2. The van der Waals surface area contributed by atoms with Crippen molar-refractivity contribution in [3.05, 3.63) is 24.3 Å². The van der Waals surface area contributed by atoms with Crippen molar-refractivity contribution in [3.8, 4) is 12.1 Å². The third-order valence-corrected chi connectivity index (χ3v) is 2.21. The Bertz CT molecular complexity index is 561. The van der Waals surface area contributed by atoms with Gasteiger partial charge in [-0.2, -0.15) is 15.6 Å². The second kappa shape index (κ2) is 6.77. The molecule has 1 aromatic carbocycles. The maximum atomic E-state index is 11.6. The maximum absolute atomic E-state index is 11.6. The Balaban J connectivity index is 2.92. The highest BCUT2D eigenvalue weighted by Crippen LogP contribution is 2.21. The van der Waals surface area contributed by atoms with E-state index in [1.54, 1.807) is 50.3 Å². The summed E-state index contributed by atoms with van der Waals surface area (Å²) >= 11 is 0. The molecular formula is C13H13N5O. The molecule has 0 spiro atoms. The highest BCUT2D eigenvalue weighted by molar-refractivity contribution is 6.10. The number of rotatable bonds is 4. The lowest BCUT2D eigenvalue weighted by Crippen LogP contribution is -2.18. The average molecular weight is 255 g/mol. The van der Waals surface area contributed by atoms with Gasteiger partial charge in [-0.3, -0.25) is 10.2 Å². The number of carbonyl (C=O) groups excluding carboxylic acids is 1. The van der Waals surface area contributed by atoms with E-state index in [4.69, 9.17) is 10.5 Å². The molecule has 0 atom stereocenters. The highest BCUT2D eigenvalue weighted by atomic mass is 16.1. The molecule has 0 radical (unpaired) electrons. The van der Waals surface area contributed by atoms with Crippen LogP contribution in [0, 0.1) is 28.6 Å². The summed E-state index contributed by atoms with van der Waals surface area (Å²) in [5.41, 5.74) is 3.36. The molecule has 0 heterocycles. The van der Waals surface area contributed by atoms with Crippen LogP contribution in [0.1, 0.15) is 13.8 Å². The Labute approximate surface area is 111 Å². The molecule has 0 saturated carbocycles. The predicted octanol–water partition coefficient (Wildman–Crippen LogP) is 2.10. The molecule has 1 rings (SSSR count). The summed E-state index contributed by atoms with van der Waals surface area (Å²) in [6.45, 7) is 3.57. The SMILES string of the molecule is CC(C)C(=O)Nc1ccccc1NN=C(C#N)C#N. The lowest BCUT2D eigenvalue weighted by molar-refractivity contribution is -0.118. The summed E-state index contributed by atoms with van der Waals surface area (Å²) in [6.07, 6.45) is 0. The molecule has 1 aromatic rings. The van der Waals surface area contributed by atoms with E-state index >= 15 is 0 Å². The fourth-order valence-electron chi connectivity index (χ4n) is 1.16. The fourth-order valence-corrected chi connectivity index (χ4v) is 1.16. The summed E-state index contributed by atoms with van der Waals surface area (Å²) in [5.74, 6) is -0.274. The number of nitriles is 2. The Morgan fingerprint density at radius 1 is 1.21 bits per heavy atom. The van der Waals surface area contributed by atoms with Gasteiger partial charge in [0, 0.05) is 5.92 Å². The van der Waals surface area contributed by atoms with Gasteiger partial charge in [-0.1, -0.05) is 26.0 Å². The smallest absolute Gasteiger partial charge is 0.237 e. The van der Waals surface area contributed by atoms with Crippen LogP contribution in [0.25, 0.3) is 0 Å². The van der Waals surface area contributed by atoms with Gasteiger partial charge in [-0.05, 0) is 12.1 Å². The van der Waals surface area contributed by atoms with Crippen molar-refractivity contribution >= 4 is 23.0 Å². The van der Waals surface area contributed by atoms with Crippen molar-refractivity contribution in [1.82, 2.24) is 0 Å². The zero-order valence-electron chi connectivity index (χ0n) is 10.6. The second-order valence-electron chi connectivity index (χ2n) is 3.99. The molecule has 0 unspecified atom stereocenters. The summed E-state index contributed by atoms with van der Waals surface area (Å²) in [5, 5.41) is 23.5. The van der Waals surface area contributed by atoms with Crippen molar-refractivity contribution in [3.63, 3.8) is 0 Å². The molecule has 0 bridgehead atoms. The zero-order chi connectivity index (χ0) is 14.3. The first-order valence-corrected chi connectivity index (χ1v) is 5.62. The Morgan fingerprint density at radius 3 is 2.32 bits per heavy atom. The van der Waals surface area contributed by atoms with Gasteiger partial charge in [-0.25, -0.2) is 0 Å². The van der Waals surface area contributed by atoms with Gasteiger partial charge in [-0.15, -0.1) is 0 Å². The van der Waals surface area contributed by atoms with Crippen LogP contribution in [-0.2, 0) is 4.79 Å². The van der Waals surface area contributed by atoms with Crippen LogP contribution >= 0.6 is 0 Å². The number of anilines is 2. The van der Waals surface area contributed by atoms with Gasteiger partial charge < -0.3 is 5.32 Å². The van der Waals surface area contributed by atoms with Crippen LogP contribution in [0.15, 0.2) is 29.4 Å². The largest absolute Gasteiger partial charge is 0.324 e. The highest BCUT2D eigenvalue weighted by Gasteiger charge is 2.09. The van der Waals surface area contributed by atoms with Crippen LogP contribution in [0.4, 0.5) is 11.4 Å². The number of carbonyl (C=O) groups is 1. The average Bonchev–Trinajstić information content (AvgIpc) is 2.41. The summed E-state index contributed by atoms with van der Waals surface area (Å²) in [4.78, 5) is 11.6. The van der Waals surface area contributed by atoms with E-state index < -0.39 is 0 Å². The van der Waals surface area contributed by atoms with E-state index in [1.165, 1.54) is 0 Å². The number of hydrazone groups is 1. The Hall–Kier alpha value is -2.86. The molecule has 0 aromatic heterocycles. The topological polar surface area (TPSA) is 101 Å². The zero-order valence-corrected chi connectivity index (χ0v) is 10.6. The lowest BCUT2D eigenvalue weighted by Gasteiger charge is -2.11. The lowest BCUT2D eigenvalue weighted by atomic mass is 10.2. The standard InChI is InChI=1S/C13H13N5O/c1-9(2)13(19)16-11-5-3-4-6-12(11)18-17-10(7-14)8-15/h3-6,9,18H,1-2H3,(H,16,19). The fraction of sp³-hybridized carbons (Fsp3) is 0.231. The molecule has 0 aliphatic carbocycles. The number of hydrogen-bond acceptors (Lipinski definition) is 5. The van der Waals surface area contributed by atoms with Gasteiger partial charge in [0.15, 0.2) is 0 Å². The molecule has 2 N–H and O–H groups in total. The van der Waals surface area contributed by atoms with E-state index in [2.05, 4.69) is 15.8 Å². The molecule has 0 fully saturated rings. The van der Waals surface area contributed by atoms with Crippen molar-refractivity contribution in [2.24, 2.45) is 11.0 Å². The number of para-hydroxylation sites is 2. The first kappa shape index (κ1) is 14.2. The van der Waals surface area contributed by atoms with Gasteiger partial charge in [0.05, 0.1) is 11.4 Å². The first-order valence-electron chi connectivity index (χ1n) is 5.62. The van der Waals surface area contributed by atoms with Gasteiger partial charge in [0.1, 0.15) is 12.1 Å². The number of hydrogen-bond donors (Lipinski definition) is 2. The van der Waals surface area contributed by atoms with Crippen LogP contribution < -0.4 is 10.7 Å². The van der Waals surface area contributed by atoms with E-state index in [0.29, 0.717) is 11.4 Å². The molecule has 1 amide bonds.